The molecular formula is C14H23NO4. The molecule has 5 nitrogen and oxygen atoms in total. The largest absolute Gasteiger partial charge is 0.467 e. The molecule has 0 aromatic carbocycles. The molecule has 2 fully saturated rings. The third kappa shape index (κ3) is 3.69. The van der Waals surface area contributed by atoms with Gasteiger partial charge in [-0.1, -0.05) is 0 Å². The van der Waals surface area contributed by atoms with Gasteiger partial charge in [-0.3, -0.25) is 4.79 Å². The Hall–Kier alpha value is -1.10. The van der Waals surface area contributed by atoms with Gasteiger partial charge >= 0.3 is 5.97 Å². The summed E-state index contributed by atoms with van der Waals surface area (Å²) >= 11 is 0. The summed E-state index contributed by atoms with van der Waals surface area (Å²) in [5.41, 5.74) is 0. The lowest BCUT2D eigenvalue weighted by Gasteiger charge is -2.34. The monoisotopic (exact) mass is 269 g/mol. The van der Waals surface area contributed by atoms with E-state index in [0.29, 0.717) is 13.0 Å². The van der Waals surface area contributed by atoms with Crippen LogP contribution in [-0.4, -0.2) is 49.2 Å². The van der Waals surface area contributed by atoms with Crippen molar-refractivity contribution in [2.75, 3.05) is 20.3 Å². The zero-order valence-electron chi connectivity index (χ0n) is 11.6. The number of piperidine rings is 1. The summed E-state index contributed by atoms with van der Waals surface area (Å²) < 4.78 is 10.3. The number of nitrogens with zero attached hydrogens (tertiary/aromatic N) is 1. The Morgan fingerprint density at radius 2 is 2.11 bits per heavy atom. The number of carbonyl (C=O) groups is 2. The van der Waals surface area contributed by atoms with Gasteiger partial charge in [0.05, 0.1) is 13.2 Å². The Balaban J connectivity index is 1.85. The third-order valence-electron chi connectivity index (χ3n) is 4.00. The van der Waals surface area contributed by atoms with Gasteiger partial charge in [0, 0.05) is 19.6 Å². The molecule has 0 spiro atoms. The smallest absolute Gasteiger partial charge is 0.328 e. The minimum absolute atomic E-state index is 0.0607. The molecule has 2 saturated heterocycles. The number of rotatable bonds is 4. The maximum Gasteiger partial charge on any atom is 0.328 e. The lowest BCUT2D eigenvalue weighted by Crippen LogP contribution is -2.48. The van der Waals surface area contributed by atoms with Gasteiger partial charge in [-0.25, -0.2) is 4.79 Å². The number of hydrogen-bond acceptors (Lipinski definition) is 4. The molecule has 1 amide bonds. The molecule has 0 aliphatic carbocycles. The van der Waals surface area contributed by atoms with Crippen molar-refractivity contribution in [3.8, 4) is 0 Å². The average Bonchev–Trinajstić information content (AvgIpc) is 2.97. The van der Waals surface area contributed by atoms with Crippen LogP contribution in [0.25, 0.3) is 0 Å². The fraction of sp³-hybridized carbons (Fsp3) is 0.857. The van der Waals surface area contributed by atoms with E-state index in [1.807, 2.05) is 0 Å². The van der Waals surface area contributed by atoms with Crippen LogP contribution in [0.5, 0.6) is 0 Å². The average molecular weight is 269 g/mol. The molecule has 2 rings (SSSR count). The predicted molar refractivity (Wildman–Crippen MR) is 69.6 cm³/mol. The molecule has 2 aliphatic rings. The Bertz CT molecular complexity index is 325. The second-order valence-corrected chi connectivity index (χ2v) is 5.30. The van der Waals surface area contributed by atoms with Crippen LogP contribution in [0, 0.1) is 0 Å². The van der Waals surface area contributed by atoms with Gasteiger partial charge in [-0.15, -0.1) is 0 Å². The Kier molecular flexibility index (Phi) is 5.19. The molecule has 0 radical (unpaired) electrons. The van der Waals surface area contributed by atoms with Crippen LogP contribution in [-0.2, 0) is 19.1 Å². The van der Waals surface area contributed by atoms with Crippen molar-refractivity contribution in [3.05, 3.63) is 0 Å². The van der Waals surface area contributed by atoms with E-state index in [1.54, 1.807) is 4.90 Å². The molecule has 2 atom stereocenters. The SMILES string of the molecule is COC(=O)C1CCCCN1C(=O)CCC1CCCO1. The number of amides is 1. The molecule has 0 N–H and O–H groups in total. The highest BCUT2D eigenvalue weighted by Gasteiger charge is 2.32. The molecule has 0 aromatic heterocycles. The first-order chi connectivity index (χ1) is 9.22. The van der Waals surface area contributed by atoms with Crippen molar-refractivity contribution in [1.82, 2.24) is 4.90 Å². The van der Waals surface area contributed by atoms with Crippen LogP contribution in [0.4, 0.5) is 0 Å². The maximum absolute atomic E-state index is 12.2. The second-order valence-electron chi connectivity index (χ2n) is 5.30. The van der Waals surface area contributed by atoms with Crippen LogP contribution in [0.15, 0.2) is 0 Å². The Labute approximate surface area is 114 Å². The first-order valence-electron chi connectivity index (χ1n) is 7.21. The van der Waals surface area contributed by atoms with Gasteiger partial charge in [0.2, 0.25) is 5.91 Å². The summed E-state index contributed by atoms with van der Waals surface area (Å²) in [5.74, 6) is -0.226. The molecule has 0 saturated carbocycles. The molecule has 19 heavy (non-hydrogen) atoms. The molecule has 0 aromatic rings. The quantitative estimate of drug-likeness (QED) is 0.726. The van der Waals surface area contributed by atoms with Crippen molar-refractivity contribution in [2.45, 2.75) is 57.1 Å². The summed E-state index contributed by atoms with van der Waals surface area (Å²) in [6.07, 6.45) is 6.28. The van der Waals surface area contributed by atoms with E-state index in [4.69, 9.17) is 9.47 Å². The molecule has 5 heteroatoms. The summed E-state index contributed by atoms with van der Waals surface area (Å²) in [4.78, 5) is 25.6. The van der Waals surface area contributed by atoms with Gasteiger partial charge in [0.15, 0.2) is 0 Å². The lowest BCUT2D eigenvalue weighted by atomic mass is 10.0. The first-order valence-corrected chi connectivity index (χ1v) is 7.21. The van der Waals surface area contributed by atoms with Crippen LogP contribution in [0.2, 0.25) is 0 Å². The topological polar surface area (TPSA) is 55.8 Å². The van der Waals surface area contributed by atoms with Crippen molar-refractivity contribution < 1.29 is 19.1 Å². The summed E-state index contributed by atoms with van der Waals surface area (Å²) in [5, 5.41) is 0. The van der Waals surface area contributed by atoms with Crippen molar-refractivity contribution in [3.63, 3.8) is 0 Å². The molecule has 2 heterocycles. The molecular weight excluding hydrogens is 246 g/mol. The highest BCUT2D eigenvalue weighted by Crippen LogP contribution is 2.22. The van der Waals surface area contributed by atoms with E-state index in [2.05, 4.69) is 0 Å². The van der Waals surface area contributed by atoms with Crippen LogP contribution in [0.1, 0.15) is 44.9 Å². The number of esters is 1. The number of likely N-dealkylation sites (tertiary alicyclic amines) is 1. The highest BCUT2D eigenvalue weighted by atomic mass is 16.5. The fourth-order valence-corrected chi connectivity index (χ4v) is 2.91. The Morgan fingerprint density at radius 3 is 2.79 bits per heavy atom. The van der Waals surface area contributed by atoms with E-state index < -0.39 is 0 Å². The van der Waals surface area contributed by atoms with Crippen LogP contribution >= 0.6 is 0 Å². The zero-order chi connectivity index (χ0) is 13.7. The minimum atomic E-state index is -0.379. The van der Waals surface area contributed by atoms with Crippen LogP contribution in [0.3, 0.4) is 0 Å². The molecule has 2 aliphatic heterocycles. The standard InChI is InChI=1S/C14H23NO4/c1-18-14(17)12-6-2-3-9-15(12)13(16)8-7-11-5-4-10-19-11/h11-12H,2-10H2,1H3. The maximum atomic E-state index is 12.2. The summed E-state index contributed by atoms with van der Waals surface area (Å²) in [7, 11) is 1.38. The van der Waals surface area contributed by atoms with Crippen LogP contribution < -0.4 is 0 Å². The normalized spacial score (nSPS) is 27.3. The fourth-order valence-electron chi connectivity index (χ4n) is 2.91. The predicted octanol–water partition coefficient (Wildman–Crippen LogP) is 1.50. The summed E-state index contributed by atoms with van der Waals surface area (Å²) in [6, 6.07) is -0.379. The number of carbonyl (C=O) groups excluding carboxylic acids is 2. The van der Waals surface area contributed by atoms with E-state index in [9.17, 15) is 9.59 Å². The van der Waals surface area contributed by atoms with E-state index in [-0.39, 0.29) is 24.0 Å². The van der Waals surface area contributed by atoms with Crippen molar-refractivity contribution in [2.24, 2.45) is 0 Å². The van der Waals surface area contributed by atoms with Gasteiger partial charge in [0.1, 0.15) is 6.04 Å². The van der Waals surface area contributed by atoms with E-state index in [1.165, 1.54) is 7.11 Å². The summed E-state index contributed by atoms with van der Waals surface area (Å²) in [6.45, 7) is 1.48. The van der Waals surface area contributed by atoms with E-state index in [0.717, 1.165) is 45.1 Å². The van der Waals surface area contributed by atoms with Gasteiger partial charge in [-0.2, -0.15) is 0 Å². The van der Waals surface area contributed by atoms with Gasteiger partial charge < -0.3 is 14.4 Å². The number of ether oxygens (including phenoxy) is 2. The third-order valence-corrected chi connectivity index (χ3v) is 4.00. The molecule has 2 unspecified atom stereocenters. The second kappa shape index (κ2) is 6.89. The lowest BCUT2D eigenvalue weighted by molar-refractivity contribution is -0.154. The van der Waals surface area contributed by atoms with Gasteiger partial charge in [-0.05, 0) is 38.5 Å². The molecule has 108 valence electrons. The zero-order valence-corrected chi connectivity index (χ0v) is 11.6. The molecule has 0 bridgehead atoms. The van der Waals surface area contributed by atoms with Crippen molar-refractivity contribution in [1.29, 1.82) is 0 Å². The number of methoxy groups -OCH3 is 1. The van der Waals surface area contributed by atoms with Crippen molar-refractivity contribution >= 4 is 11.9 Å². The minimum Gasteiger partial charge on any atom is -0.467 e. The highest BCUT2D eigenvalue weighted by molar-refractivity contribution is 5.84. The van der Waals surface area contributed by atoms with E-state index >= 15 is 0 Å². The first kappa shape index (κ1) is 14.3. The number of hydrogen-bond donors (Lipinski definition) is 0. The Morgan fingerprint density at radius 1 is 1.26 bits per heavy atom. The van der Waals surface area contributed by atoms with Gasteiger partial charge in [0.25, 0.3) is 0 Å².